The van der Waals surface area contributed by atoms with Crippen LogP contribution in [0.4, 0.5) is 0 Å². The van der Waals surface area contributed by atoms with E-state index in [9.17, 15) is 4.57 Å². The highest BCUT2D eigenvalue weighted by Gasteiger charge is 2.23. The minimum absolute atomic E-state index is 0.992. The second kappa shape index (κ2) is 5.58. The van der Waals surface area contributed by atoms with Crippen LogP contribution in [-0.2, 0) is 4.57 Å². The summed E-state index contributed by atoms with van der Waals surface area (Å²) in [6, 6.07) is 0. The summed E-state index contributed by atoms with van der Waals surface area (Å²) in [5, 5.41) is 0. The maximum absolute atomic E-state index is 12.3. The Hall–Kier alpha value is -0.110. The number of rotatable bonds is 5. The van der Waals surface area contributed by atoms with E-state index in [0.717, 1.165) is 12.8 Å². The predicted molar refractivity (Wildman–Crippen MR) is 59.0 cm³/mol. The summed E-state index contributed by atoms with van der Waals surface area (Å²) in [5.74, 6) is 1.83. The molecule has 4 heteroatoms. The number of nitrogens with zero attached hydrogens (tertiary/aromatic N) is 2. The lowest BCUT2D eigenvalue weighted by molar-refractivity contribution is 0.459. The first-order valence-electron chi connectivity index (χ1n) is 4.58. The van der Waals surface area contributed by atoms with Crippen LogP contribution in [-0.4, -0.2) is 37.5 Å². The van der Waals surface area contributed by atoms with Crippen molar-refractivity contribution in [2.45, 2.75) is 19.8 Å². The molecule has 0 aromatic rings. The summed E-state index contributed by atoms with van der Waals surface area (Å²) in [6.45, 7) is 2.11. The zero-order chi connectivity index (χ0) is 10.5. The van der Waals surface area contributed by atoms with Crippen LogP contribution in [0.3, 0.4) is 0 Å². The van der Waals surface area contributed by atoms with Gasteiger partial charge < -0.3 is 0 Å². The molecular weight excluding hydrogens is 183 g/mol. The van der Waals surface area contributed by atoms with Crippen molar-refractivity contribution in [2.75, 3.05) is 28.2 Å². The van der Waals surface area contributed by atoms with Crippen LogP contribution in [0.5, 0.6) is 0 Å². The summed E-state index contributed by atoms with van der Waals surface area (Å²) >= 11 is 0. The average molecular weight is 204 g/mol. The second-order valence-corrected chi connectivity index (χ2v) is 6.53. The van der Waals surface area contributed by atoms with E-state index < -0.39 is 7.44 Å². The topological polar surface area (TPSA) is 23.6 Å². The minimum atomic E-state index is -2.41. The summed E-state index contributed by atoms with van der Waals surface area (Å²) < 4.78 is 15.8. The molecule has 0 saturated carbocycles. The molecule has 0 aliphatic rings. The largest absolute Gasteiger partial charge is 0.284 e. The molecule has 0 aromatic heterocycles. The van der Waals surface area contributed by atoms with Crippen molar-refractivity contribution in [1.82, 2.24) is 9.34 Å². The van der Waals surface area contributed by atoms with Crippen LogP contribution in [0.2, 0.25) is 0 Å². The summed E-state index contributed by atoms with van der Waals surface area (Å²) in [4.78, 5) is 0. The molecule has 0 fully saturated rings. The smallest absolute Gasteiger partial charge is 0.237 e. The predicted octanol–water partition coefficient (Wildman–Crippen LogP) is 2.62. The van der Waals surface area contributed by atoms with Crippen molar-refractivity contribution in [3.05, 3.63) is 11.9 Å². The van der Waals surface area contributed by atoms with Gasteiger partial charge in [0.2, 0.25) is 7.44 Å². The van der Waals surface area contributed by atoms with Crippen LogP contribution in [0.1, 0.15) is 19.8 Å². The van der Waals surface area contributed by atoms with Gasteiger partial charge in [-0.05, 0) is 40.4 Å². The molecule has 0 spiro atoms. The van der Waals surface area contributed by atoms with Gasteiger partial charge in [0.15, 0.2) is 0 Å². The second-order valence-electron chi connectivity index (χ2n) is 3.46. The third-order valence-corrected chi connectivity index (χ3v) is 4.79. The first-order chi connectivity index (χ1) is 5.95. The Bertz CT molecular complexity index is 200. The Morgan fingerprint density at radius 2 is 1.62 bits per heavy atom. The fourth-order valence-corrected chi connectivity index (χ4v) is 2.68. The number of hydrogen-bond acceptors (Lipinski definition) is 1. The summed E-state index contributed by atoms with van der Waals surface area (Å²) in [6.07, 6.45) is 4.09. The van der Waals surface area contributed by atoms with E-state index in [1.807, 2.05) is 40.1 Å². The van der Waals surface area contributed by atoms with Crippen molar-refractivity contribution in [3.63, 3.8) is 0 Å². The molecule has 0 saturated heterocycles. The van der Waals surface area contributed by atoms with Gasteiger partial charge in [0.25, 0.3) is 0 Å². The molecule has 0 aliphatic heterocycles. The van der Waals surface area contributed by atoms with Crippen LogP contribution in [0.15, 0.2) is 11.9 Å². The Morgan fingerprint density at radius 1 is 1.15 bits per heavy atom. The monoisotopic (exact) mass is 204 g/mol. The van der Waals surface area contributed by atoms with Crippen LogP contribution >= 0.6 is 7.44 Å². The van der Waals surface area contributed by atoms with Gasteiger partial charge in [-0.2, -0.15) is 0 Å². The van der Waals surface area contributed by atoms with Gasteiger partial charge in [-0.3, -0.25) is 4.57 Å². The van der Waals surface area contributed by atoms with Crippen molar-refractivity contribution in [3.8, 4) is 0 Å². The number of hydrogen-bond donors (Lipinski definition) is 0. The van der Waals surface area contributed by atoms with Gasteiger partial charge in [0.05, 0.1) is 0 Å². The fraction of sp³-hybridized carbons (Fsp3) is 0.778. The van der Waals surface area contributed by atoms with E-state index in [4.69, 9.17) is 0 Å². The van der Waals surface area contributed by atoms with E-state index in [1.165, 1.54) is 0 Å². The average Bonchev–Trinajstić information content (AvgIpc) is 2.03. The van der Waals surface area contributed by atoms with E-state index in [2.05, 4.69) is 6.92 Å². The summed E-state index contributed by atoms with van der Waals surface area (Å²) in [5.41, 5.74) is 0. The molecule has 0 heterocycles. The van der Waals surface area contributed by atoms with Crippen LogP contribution in [0.25, 0.3) is 0 Å². The molecular formula is C9H21N2OP. The molecule has 0 unspecified atom stereocenters. The van der Waals surface area contributed by atoms with Gasteiger partial charge in [-0.1, -0.05) is 19.4 Å². The standard InChI is InChI=1S/C9H21N2OP/c1-6-7-8-9-13(12,10(2)3)11(4)5/h8-9H,6-7H2,1-5H3/b9-8+. The molecule has 3 nitrogen and oxygen atoms in total. The highest BCUT2D eigenvalue weighted by atomic mass is 31.2. The van der Waals surface area contributed by atoms with Gasteiger partial charge in [0, 0.05) is 0 Å². The molecule has 0 atom stereocenters. The lowest BCUT2D eigenvalue weighted by Crippen LogP contribution is -2.19. The Kier molecular flexibility index (Phi) is 5.54. The molecule has 0 bridgehead atoms. The van der Waals surface area contributed by atoms with Crippen molar-refractivity contribution < 1.29 is 4.57 Å². The van der Waals surface area contributed by atoms with Crippen LogP contribution < -0.4 is 0 Å². The molecule has 0 N–H and O–H groups in total. The lowest BCUT2D eigenvalue weighted by atomic mass is 10.3. The summed E-state index contributed by atoms with van der Waals surface area (Å²) in [7, 11) is 4.97. The molecule has 13 heavy (non-hydrogen) atoms. The van der Waals surface area contributed by atoms with E-state index in [-0.39, 0.29) is 0 Å². The Morgan fingerprint density at radius 3 is 1.92 bits per heavy atom. The zero-order valence-electron chi connectivity index (χ0n) is 9.32. The fourth-order valence-electron chi connectivity index (χ4n) is 1.00. The maximum Gasteiger partial charge on any atom is 0.237 e. The number of allylic oxidation sites excluding steroid dienone is 1. The van der Waals surface area contributed by atoms with Crippen molar-refractivity contribution >= 4 is 7.44 Å². The zero-order valence-corrected chi connectivity index (χ0v) is 10.2. The van der Waals surface area contributed by atoms with Crippen LogP contribution in [0, 0.1) is 0 Å². The highest BCUT2D eigenvalue weighted by molar-refractivity contribution is 7.62. The van der Waals surface area contributed by atoms with Gasteiger partial charge in [-0.25, -0.2) is 9.34 Å². The van der Waals surface area contributed by atoms with E-state index in [1.54, 1.807) is 9.34 Å². The van der Waals surface area contributed by atoms with Crippen molar-refractivity contribution in [2.24, 2.45) is 0 Å². The van der Waals surface area contributed by atoms with Gasteiger partial charge in [0.1, 0.15) is 0 Å². The minimum Gasteiger partial charge on any atom is -0.284 e. The van der Waals surface area contributed by atoms with E-state index >= 15 is 0 Å². The maximum atomic E-state index is 12.3. The van der Waals surface area contributed by atoms with Gasteiger partial charge in [-0.15, -0.1) is 0 Å². The third kappa shape index (κ3) is 3.63. The van der Waals surface area contributed by atoms with Gasteiger partial charge >= 0.3 is 0 Å². The SMILES string of the molecule is CCC/C=C/P(=O)(N(C)C)N(C)C. The third-order valence-electron chi connectivity index (χ3n) is 1.90. The quantitative estimate of drug-likeness (QED) is 0.643. The molecule has 0 aliphatic carbocycles. The molecule has 0 aromatic carbocycles. The normalized spacial score (nSPS) is 13.5. The molecule has 0 rings (SSSR count). The van der Waals surface area contributed by atoms with E-state index in [0.29, 0.717) is 0 Å². The lowest BCUT2D eigenvalue weighted by Gasteiger charge is -2.27. The first kappa shape index (κ1) is 12.9. The Balaban J connectivity index is 4.53. The first-order valence-corrected chi connectivity index (χ1v) is 6.26. The van der Waals surface area contributed by atoms with Crippen molar-refractivity contribution in [1.29, 1.82) is 0 Å². The molecule has 0 amide bonds. The Labute approximate surface area is 81.9 Å². The highest BCUT2D eigenvalue weighted by Crippen LogP contribution is 2.50. The molecule has 0 radical (unpaired) electrons. The number of unbranched alkanes of at least 4 members (excludes halogenated alkanes) is 1. The molecule has 78 valence electrons.